The number of rotatable bonds is 5. The largest absolute Gasteiger partial charge is 0.350 e. The smallest absolute Gasteiger partial charge is 0.281 e. The summed E-state index contributed by atoms with van der Waals surface area (Å²) in [5.41, 5.74) is 3.56. The number of hydrogen-bond acceptors (Lipinski definition) is 4. The molecule has 3 aromatic carbocycles. The molecule has 0 atom stereocenters. The molecule has 0 saturated carbocycles. The van der Waals surface area contributed by atoms with Gasteiger partial charge in [0.2, 0.25) is 5.95 Å². The standard InChI is InChI=1S/C23H19ClN4O/c1-16-7-11-18(12-8-16)21-26-23(25-15-17-9-13-20(24)14-10-17)28(27-21)22(29)19-5-3-2-4-6-19/h2-14H,15H2,1H3,(H,25,26,27). The van der Waals surface area contributed by atoms with Gasteiger partial charge in [0.15, 0.2) is 5.82 Å². The predicted octanol–water partition coefficient (Wildman–Crippen LogP) is 5.21. The van der Waals surface area contributed by atoms with Crippen molar-refractivity contribution in [3.05, 3.63) is 101 Å². The molecule has 5 nitrogen and oxygen atoms in total. The van der Waals surface area contributed by atoms with Gasteiger partial charge in [0.1, 0.15) is 0 Å². The van der Waals surface area contributed by atoms with Crippen molar-refractivity contribution in [2.24, 2.45) is 0 Å². The fraction of sp³-hybridized carbons (Fsp3) is 0.0870. The third-order valence-corrected chi connectivity index (χ3v) is 4.75. The van der Waals surface area contributed by atoms with Gasteiger partial charge in [-0.05, 0) is 36.8 Å². The first kappa shape index (κ1) is 18.9. The van der Waals surface area contributed by atoms with Crippen molar-refractivity contribution in [3.8, 4) is 11.4 Å². The minimum absolute atomic E-state index is 0.241. The van der Waals surface area contributed by atoms with Crippen LogP contribution in [0.5, 0.6) is 0 Å². The normalized spacial score (nSPS) is 10.7. The Balaban J connectivity index is 1.68. The quantitative estimate of drug-likeness (QED) is 0.498. The van der Waals surface area contributed by atoms with Crippen LogP contribution in [0.3, 0.4) is 0 Å². The summed E-state index contributed by atoms with van der Waals surface area (Å²) in [6.45, 7) is 2.51. The lowest BCUT2D eigenvalue weighted by atomic mass is 10.1. The Bertz CT molecular complexity index is 1120. The number of benzene rings is 3. The Morgan fingerprint density at radius 1 is 0.966 bits per heavy atom. The van der Waals surface area contributed by atoms with E-state index in [-0.39, 0.29) is 5.91 Å². The van der Waals surface area contributed by atoms with Gasteiger partial charge in [-0.3, -0.25) is 4.79 Å². The van der Waals surface area contributed by atoms with E-state index in [4.69, 9.17) is 11.6 Å². The summed E-state index contributed by atoms with van der Waals surface area (Å²) in [5, 5.41) is 8.39. The molecule has 0 bridgehead atoms. The van der Waals surface area contributed by atoms with Crippen LogP contribution >= 0.6 is 11.6 Å². The van der Waals surface area contributed by atoms with E-state index in [1.807, 2.05) is 73.7 Å². The van der Waals surface area contributed by atoms with E-state index in [0.717, 1.165) is 16.7 Å². The molecule has 0 amide bonds. The topological polar surface area (TPSA) is 59.8 Å². The highest BCUT2D eigenvalue weighted by atomic mass is 35.5. The lowest BCUT2D eigenvalue weighted by Crippen LogP contribution is -2.17. The van der Waals surface area contributed by atoms with Crippen molar-refractivity contribution in [1.29, 1.82) is 0 Å². The first-order chi connectivity index (χ1) is 14.1. The van der Waals surface area contributed by atoms with Crippen LogP contribution in [0, 0.1) is 6.92 Å². The summed E-state index contributed by atoms with van der Waals surface area (Å²) in [5.74, 6) is 0.646. The van der Waals surface area contributed by atoms with Crippen molar-refractivity contribution in [1.82, 2.24) is 14.8 Å². The van der Waals surface area contributed by atoms with Gasteiger partial charge in [-0.2, -0.15) is 9.67 Å². The van der Waals surface area contributed by atoms with Crippen LogP contribution in [0.1, 0.15) is 21.5 Å². The molecule has 0 fully saturated rings. The Hall–Kier alpha value is -3.44. The highest BCUT2D eigenvalue weighted by Crippen LogP contribution is 2.20. The van der Waals surface area contributed by atoms with Gasteiger partial charge in [0.25, 0.3) is 5.91 Å². The van der Waals surface area contributed by atoms with Gasteiger partial charge < -0.3 is 5.32 Å². The monoisotopic (exact) mass is 402 g/mol. The molecule has 4 rings (SSSR count). The first-order valence-electron chi connectivity index (χ1n) is 9.22. The van der Waals surface area contributed by atoms with Crippen LogP contribution in [-0.4, -0.2) is 20.7 Å². The highest BCUT2D eigenvalue weighted by molar-refractivity contribution is 6.30. The lowest BCUT2D eigenvalue weighted by Gasteiger charge is -2.07. The van der Waals surface area contributed by atoms with Crippen molar-refractivity contribution in [2.45, 2.75) is 13.5 Å². The second-order valence-electron chi connectivity index (χ2n) is 6.69. The van der Waals surface area contributed by atoms with Crippen molar-refractivity contribution in [3.63, 3.8) is 0 Å². The van der Waals surface area contributed by atoms with Gasteiger partial charge in [0, 0.05) is 22.7 Å². The Labute approximate surface area is 174 Å². The van der Waals surface area contributed by atoms with Crippen LogP contribution in [0.25, 0.3) is 11.4 Å². The zero-order valence-corrected chi connectivity index (χ0v) is 16.6. The summed E-state index contributed by atoms with van der Waals surface area (Å²) in [6.07, 6.45) is 0. The van der Waals surface area contributed by atoms with Crippen LogP contribution in [0.2, 0.25) is 5.02 Å². The molecule has 0 aliphatic rings. The molecular formula is C23H19ClN4O. The van der Waals surface area contributed by atoms with E-state index >= 15 is 0 Å². The second kappa shape index (κ2) is 8.29. The number of nitrogens with one attached hydrogen (secondary N) is 1. The van der Waals surface area contributed by atoms with Gasteiger partial charge >= 0.3 is 0 Å². The van der Waals surface area contributed by atoms with E-state index in [9.17, 15) is 4.79 Å². The second-order valence-corrected chi connectivity index (χ2v) is 7.12. The average Bonchev–Trinajstić information content (AvgIpc) is 3.18. The summed E-state index contributed by atoms with van der Waals surface area (Å²) in [6, 6.07) is 24.4. The van der Waals surface area contributed by atoms with Gasteiger partial charge in [-0.15, -0.1) is 5.10 Å². The number of carbonyl (C=O) groups excluding carboxylic acids is 1. The van der Waals surface area contributed by atoms with Crippen LogP contribution in [0.4, 0.5) is 5.95 Å². The van der Waals surface area contributed by atoms with Crippen molar-refractivity contribution < 1.29 is 4.79 Å². The van der Waals surface area contributed by atoms with E-state index < -0.39 is 0 Å². The third kappa shape index (κ3) is 4.36. The minimum Gasteiger partial charge on any atom is -0.350 e. The number of halogens is 1. The molecule has 0 aliphatic heterocycles. The molecule has 0 saturated heterocycles. The van der Waals surface area contributed by atoms with Crippen LogP contribution in [-0.2, 0) is 6.54 Å². The Morgan fingerprint density at radius 2 is 1.66 bits per heavy atom. The summed E-state index contributed by atoms with van der Waals surface area (Å²) in [7, 11) is 0. The molecule has 0 aliphatic carbocycles. The van der Waals surface area contributed by atoms with Crippen molar-refractivity contribution >= 4 is 23.5 Å². The summed E-state index contributed by atoms with van der Waals surface area (Å²) < 4.78 is 1.32. The van der Waals surface area contributed by atoms with E-state index in [0.29, 0.717) is 28.9 Å². The average molecular weight is 403 g/mol. The van der Waals surface area contributed by atoms with Crippen molar-refractivity contribution in [2.75, 3.05) is 5.32 Å². The minimum atomic E-state index is -0.241. The molecule has 144 valence electrons. The summed E-state index contributed by atoms with van der Waals surface area (Å²) in [4.78, 5) is 17.6. The lowest BCUT2D eigenvalue weighted by molar-refractivity contribution is 0.0947. The fourth-order valence-corrected chi connectivity index (χ4v) is 3.01. The molecule has 6 heteroatoms. The maximum atomic E-state index is 13.0. The molecule has 1 heterocycles. The summed E-state index contributed by atoms with van der Waals surface area (Å²) >= 11 is 5.95. The molecule has 29 heavy (non-hydrogen) atoms. The van der Waals surface area contributed by atoms with E-state index in [1.165, 1.54) is 4.68 Å². The number of carbonyl (C=O) groups is 1. The SMILES string of the molecule is Cc1ccc(-c2nc(NCc3ccc(Cl)cc3)n(C(=O)c3ccccc3)n2)cc1. The predicted molar refractivity (Wildman–Crippen MR) is 115 cm³/mol. The number of aryl methyl sites for hydroxylation is 1. The van der Waals surface area contributed by atoms with Gasteiger partial charge in [-0.1, -0.05) is 71.8 Å². The molecule has 0 spiro atoms. The molecule has 0 unspecified atom stereocenters. The van der Waals surface area contributed by atoms with E-state index in [1.54, 1.807) is 12.1 Å². The first-order valence-corrected chi connectivity index (χ1v) is 9.60. The zero-order valence-electron chi connectivity index (χ0n) is 15.8. The number of anilines is 1. The zero-order chi connectivity index (χ0) is 20.2. The van der Waals surface area contributed by atoms with Crippen LogP contribution in [0.15, 0.2) is 78.9 Å². The number of aromatic nitrogens is 3. The number of hydrogen-bond donors (Lipinski definition) is 1. The van der Waals surface area contributed by atoms with Crippen LogP contribution < -0.4 is 5.32 Å². The Kier molecular flexibility index (Phi) is 5.40. The molecule has 4 aromatic rings. The number of nitrogens with zero attached hydrogens (tertiary/aromatic N) is 3. The maximum Gasteiger partial charge on any atom is 0.281 e. The van der Waals surface area contributed by atoms with Gasteiger partial charge in [0.05, 0.1) is 0 Å². The fourth-order valence-electron chi connectivity index (χ4n) is 2.88. The molecule has 1 aromatic heterocycles. The Morgan fingerprint density at radius 3 is 2.34 bits per heavy atom. The maximum absolute atomic E-state index is 13.0. The van der Waals surface area contributed by atoms with Gasteiger partial charge in [-0.25, -0.2) is 0 Å². The van der Waals surface area contributed by atoms with E-state index in [2.05, 4.69) is 15.4 Å². The highest BCUT2D eigenvalue weighted by Gasteiger charge is 2.18. The molecule has 0 radical (unpaired) electrons. The third-order valence-electron chi connectivity index (χ3n) is 4.49. The molecule has 1 N–H and O–H groups in total. The molecular weight excluding hydrogens is 384 g/mol.